The van der Waals surface area contributed by atoms with Gasteiger partial charge < -0.3 is 15.8 Å². The van der Waals surface area contributed by atoms with Crippen LogP contribution in [0.15, 0.2) is 48.8 Å². The van der Waals surface area contributed by atoms with Crippen molar-refractivity contribution in [1.29, 1.82) is 0 Å². The van der Waals surface area contributed by atoms with Crippen molar-refractivity contribution in [2.45, 2.75) is 20.1 Å². The number of carbonyl (C=O) groups excluding carboxylic acids is 1. The summed E-state index contributed by atoms with van der Waals surface area (Å²) in [4.78, 5) is 21.9. The predicted molar refractivity (Wildman–Crippen MR) is 115 cm³/mol. The average Bonchev–Trinajstić information content (AvgIpc) is 3.11. The van der Waals surface area contributed by atoms with Gasteiger partial charge in [0, 0.05) is 36.0 Å². The third-order valence-electron chi connectivity index (χ3n) is 4.69. The number of pyridine rings is 2. The van der Waals surface area contributed by atoms with Crippen LogP contribution in [0.3, 0.4) is 0 Å². The first-order chi connectivity index (χ1) is 14.9. The van der Waals surface area contributed by atoms with Gasteiger partial charge in [-0.05, 0) is 36.2 Å². The number of aryl methyl sites for hydroxylation is 1. The van der Waals surface area contributed by atoms with E-state index in [0.717, 1.165) is 28.5 Å². The Bertz CT molecular complexity index is 1260. The summed E-state index contributed by atoms with van der Waals surface area (Å²) in [6, 6.07) is 9.26. The van der Waals surface area contributed by atoms with E-state index in [4.69, 9.17) is 10.5 Å². The number of hydrogen-bond acceptors (Lipinski definition) is 6. The SMILES string of the molecule is Cc1cc(OCc2ccncc2)nc2sc(C(=O)NCc3cccc(F)c3F)c(N)c12. The van der Waals surface area contributed by atoms with Gasteiger partial charge in [-0.2, -0.15) is 0 Å². The minimum Gasteiger partial charge on any atom is -0.473 e. The van der Waals surface area contributed by atoms with E-state index in [1.54, 1.807) is 18.5 Å². The number of nitrogens with zero attached hydrogens (tertiary/aromatic N) is 2. The lowest BCUT2D eigenvalue weighted by Gasteiger charge is -2.07. The standard InChI is InChI=1S/C22H18F2N4O2S/c1-12-9-16(30-11-13-5-7-26-8-6-13)28-22-17(12)19(25)20(31-22)21(29)27-10-14-3-2-4-15(23)18(14)24/h2-9H,10-11,25H2,1H3,(H,27,29). The molecule has 0 atom stereocenters. The van der Waals surface area contributed by atoms with Gasteiger partial charge in [-0.1, -0.05) is 12.1 Å². The Kier molecular flexibility index (Phi) is 5.77. The quantitative estimate of drug-likeness (QED) is 0.465. The van der Waals surface area contributed by atoms with Gasteiger partial charge in [0.15, 0.2) is 11.6 Å². The van der Waals surface area contributed by atoms with Crippen molar-refractivity contribution in [3.8, 4) is 5.88 Å². The maximum atomic E-state index is 13.8. The summed E-state index contributed by atoms with van der Waals surface area (Å²) in [6.07, 6.45) is 3.36. The highest BCUT2D eigenvalue weighted by Crippen LogP contribution is 2.36. The van der Waals surface area contributed by atoms with Crippen molar-refractivity contribution >= 4 is 33.1 Å². The van der Waals surface area contributed by atoms with Crippen LogP contribution in [0.25, 0.3) is 10.2 Å². The second kappa shape index (κ2) is 8.65. The fourth-order valence-corrected chi connectivity index (χ4v) is 4.18. The zero-order valence-corrected chi connectivity index (χ0v) is 17.3. The molecule has 0 unspecified atom stereocenters. The number of halogens is 2. The van der Waals surface area contributed by atoms with E-state index in [0.29, 0.717) is 28.4 Å². The maximum absolute atomic E-state index is 13.8. The second-order valence-corrected chi connectivity index (χ2v) is 7.84. The van der Waals surface area contributed by atoms with E-state index in [1.807, 2.05) is 19.1 Å². The number of benzene rings is 1. The molecule has 0 aliphatic carbocycles. The molecule has 0 spiro atoms. The lowest BCUT2D eigenvalue weighted by molar-refractivity contribution is 0.0955. The number of aromatic nitrogens is 2. The smallest absolute Gasteiger partial charge is 0.263 e. The van der Waals surface area contributed by atoms with Crippen LogP contribution >= 0.6 is 11.3 Å². The molecule has 0 saturated heterocycles. The number of anilines is 1. The van der Waals surface area contributed by atoms with Crippen molar-refractivity contribution < 1.29 is 18.3 Å². The Morgan fingerprint density at radius 1 is 1.23 bits per heavy atom. The Labute approximate surface area is 180 Å². The first kappa shape index (κ1) is 20.7. The van der Waals surface area contributed by atoms with Crippen LogP contribution in [-0.2, 0) is 13.2 Å². The molecule has 4 rings (SSSR count). The predicted octanol–water partition coefficient (Wildman–Crippen LogP) is 4.37. The number of ether oxygens (including phenoxy) is 1. The van der Waals surface area contributed by atoms with Crippen LogP contribution < -0.4 is 15.8 Å². The number of fused-ring (bicyclic) bond motifs is 1. The minimum absolute atomic E-state index is 0.0501. The summed E-state index contributed by atoms with van der Waals surface area (Å²) >= 11 is 1.12. The molecule has 0 aliphatic rings. The molecule has 0 aliphatic heterocycles. The summed E-state index contributed by atoms with van der Waals surface area (Å²) in [5.74, 6) is -2.02. The lowest BCUT2D eigenvalue weighted by Crippen LogP contribution is -2.23. The fraction of sp³-hybridized carbons (Fsp3) is 0.136. The summed E-state index contributed by atoms with van der Waals surface area (Å²) in [5, 5.41) is 3.26. The Hall–Kier alpha value is -3.59. The third-order valence-corrected chi connectivity index (χ3v) is 5.78. The van der Waals surface area contributed by atoms with Gasteiger partial charge in [-0.15, -0.1) is 11.3 Å². The van der Waals surface area contributed by atoms with Crippen LogP contribution in [0, 0.1) is 18.6 Å². The number of nitrogen functional groups attached to an aromatic ring is 1. The van der Waals surface area contributed by atoms with Crippen LogP contribution in [-0.4, -0.2) is 15.9 Å². The zero-order valence-electron chi connectivity index (χ0n) is 16.5. The highest BCUT2D eigenvalue weighted by Gasteiger charge is 2.20. The highest BCUT2D eigenvalue weighted by molar-refractivity contribution is 7.21. The largest absolute Gasteiger partial charge is 0.473 e. The van der Waals surface area contributed by atoms with Gasteiger partial charge in [-0.25, -0.2) is 13.8 Å². The first-order valence-electron chi connectivity index (χ1n) is 9.36. The molecule has 158 valence electrons. The van der Waals surface area contributed by atoms with Gasteiger partial charge >= 0.3 is 0 Å². The molecular weight excluding hydrogens is 422 g/mol. The van der Waals surface area contributed by atoms with Crippen LogP contribution in [0.1, 0.15) is 26.4 Å². The van der Waals surface area contributed by atoms with E-state index in [9.17, 15) is 13.6 Å². The van der Waals surface area contributed by atoms with E-state index in [-0.39, 0.29) is 17.0 Å². The maximum Gasteiger partial charge on any atom is 0.263 e. The topological polar surface area (TPSA) is 90.1 Å². The molecule has 31 heavy (non-hydrogen) atoms. The number of nitrogens with two attached hydrogens (primary N) is 1. The Morgan fingerprint density at radius 2 is 2.00 bits per heavy atom. The van der Waals surface area contributed by atoms with E-state index < -0.39 is 17.5 Å². The number of thiophene rings is 1. The van der Waals surface area contributed by atoms with Crippen LogP contribution in [0.4, 0.5) is 14.5 Å². The van der Waals surface area contributed by atoms with E-state index >= 15 is 0 Å². The molecule has 0 bridgehead atoms. The number of hydrogen-bond donors (Lipinski definition) is 2. The van der Waals surface area contributed by atoms with Gasteiger partial charge in [0.1, 0.15) is 16.3 Å². The summed E-state index contributed by atoms with van der Waals surface area (Å²) in [5.41, 5.74) is 8.32. The van der Waals surface area contributed by atoms with Gasteiger partial charge in [0.25, 0.3) is 5.91 Å². The number of rotatable bonds is 6. The molecule has 3 N–H and O–H groups in total. The normalized spacial score (nSPS) is 10.9. The molecule has 1 amide bonds. The van der Waals surface area contributed by atoms with Crippen molar-refractivity contribution in [2.75, 3.05) is 5.73 Å². The van der Waals surface area contributed by atoms with Crippen molar-refractivity contribution in [3.05, 3.63) is 82.0 Å². The monoisotopic (exact) mass is 440 g/mol. The van der Waals surface area contributed by atoms with Gasteiger partial charge in [-0.3, -0.25) is 9.78 Å². The second-order valence-electron chi connectivity index (χ2n) is 6.84. The van der Waals surface area contributed by atoms with E-state index in [1.165, 1.54) is 12.1 Å². The molecular formula is C22H18F2N4O2S. The minimum atomic E-state index is -0.986. The highest BCUT2D eigenvalue weighted by atomic mass is 32.1. The molecule has 3 heterocycles. The van der Waals surface area contributed by atoms with Crippen LogP contribution in [0.5, 0.6) is 5.88 Å². The van der Waals surface area contributed by atoms with Crippen molar-refractivity contribution in [3.63, 3.8) is 0 Å². The van der Waals surface area contributed by atoms with Gasteiger partial charge in [0.2, 0.25) is 5.88 Å². The summed E-state index contributed by atoms with van der Waals surface area (Å²) < 4.78 is 32.9. The molecule has 1 aromatic carbocycles. The fourth-order valence-electron chi connectivity index (χ4n) is 3.10. The molecule has 3 aromatic heterocycles. The molecule has 0 fully saturated rings. The third kappa shape index (κ3) is 4.31. The first-order valence-corrected chi connectivity index (χ1v) is 10.2. The molecule has 9 heteroatoms. The van der Waals surface area contributed by atoms with Crippen molar-refractivity contribution in [1.82, 2.24) is 15.3 Å². The van der Waals surface area contributed by atoms with E-state index in [2.05, 4.69) is 15.3 Å². The number of nitrogens with one attached hydrogen (secondary N) is 1. The molecule has 6 nitrogen and oxygen atoms in total. The molecule has 0 saturated carbocycles. The summed E-state index contributed by atoms with van der Waals surface area (Å²) in [7, 11) is 0. The zero-order chi connectivity index (χ0) is 22.0. The number of amides is 1. The lowest BCUT2D eigenvalue weighted by atomic mass is 10.1. The van der Waals surface area contributed by atoms with Gasteiger partial charge in [0.05, 0.1) is 5.69 Å². The van der Waals surface area contributed by atoms with Crippen molar-refractivity contribution in [2.24, 2.45) is 0 Å². The number of carbonyl (C=O) groups is 1. The molecule has 0 radical (unpaired) electrons. The Balaban J connectivity index is 1.54. The molecule has 4 aromatic rings. The Morgan fingerprint density at radius 3 is 2.77 bits per heavy atom. The summed E-state index contributed by atoms with van der Waals surface area (Å²) in [6.45, 7) is 2.02. The van der Waals surface area contributed by atoms with Crippen LogP contribution in [0.2, 0.25) is 0 Å². The average molecular weight is 440 g/mol.